The number of rotatable bonds is 5. The Hall–Kier alpha value is -2.86. The van der Waals surface area contributed by atoms with Gasteiger partial charge >= 0.3 is 0 Å². The zero-order chi connectivity index (χ0) is 18.7. The van der Waals surface area contributed by atoms with Crippen LogP contribution in [0.15, 0.2) is 41.8 Å². The molecule has 1 heterocycles. The summed E-state index contributed by atoms with van der Waals surface area (Å²) >= 11 is 1.39. The van der Waals surface area contributed by atoms with Gasteiger partial charge in [0.1, 0.15) is 11.5 Å². The molecule has 5 nitrogen and oxygen atoms in total. The summed E-state index contributed by atoms with van der Waals surface area (Å²) in [4.78, 5) is 16.9. The number of carbonyl (C=O) groups excluding carboxylic acids is 1. The van der Waals surface area contributed by atoms with Crippen LogP contribution in [0, 0.1) is 13.8 Å². The van der Waals surface area contributed by atoms with Crippen LogP contribution in [0.5, 0.6) is 11.5 Å². The molecule has 0 aliphatic rings. The van der Waals surface area contributed by atoms with E-state index in [0.29, 0.717) is 16.4 Å². The van der Waals surface area contributed by atoms with Crippen molar-refractivity contribution in [2.45, 2.75) is 13.8 Å². The highest BCUT2D eigenvalue weighted by Gasteiger charge is 2.12. The van der Waals surface area contributed by atoms with Crippen LogP contribution in [-0.2, 0) is 0 Å². The molecule has 0 saturated carbocycles. The van der Waals surface area contributed by atoms with Crippen LogP contribution < -0.4 is 14.8 Å². The molecule has 0 radical (unpaired) electrons. The number of aryl methyl sites for hydroxylation is 1. The third kappa shape index (κ3) is 3.70. The van der Waals surface area contributed by atoms with Gasteiger partial charge in [-0.15, -0.1) is 11.3 Å². The molecule has 0 spiro atoms. The molecule has 0 fully saturated rings. The van der Waals surface area contributed by atoms with Crippen LogP contribution in [0.25, 0.3) is 11.3 Å². The molecule has 1 amide bonds. The summed E-state index contributed by atoms with van der Waals surface area (Å²) < 4.78 is 10.6. The van der Waals surface area contributed by atoms with Crippen LogP contribution in [0.3, 0.4) is 0 Å². The second-order valence-corrected chi connectivity index (χ2v) is 6.70. The molecule has 0 saturated heterocycles. The van der Waals surface area contributed by atoms with E-state index < -0.39 is 0 Å². The molecule has 6 heteroatoms. The Labute approximate surface area is 156 Å². The number of hydrogen-bond donors (Lipinski definition) is 1. The van der Waals surface area contributed by atoms with Crippen LogP contribution >= 0.6 is 11.3 Å². The fourth-order valence-electron chi connectivity index (χ4n) is 2.58. The number of thiazole rings is 1. The van der Waals surface area contributed by atoms with Crippen molar-refractivity contribution in [2.24, 2.45) is 0 Å². The first kappa shape index (κ1) is 17.9. The molecular formula is C20H20N2O3S. The maximum Gasteiger partial charge on any atom is 0.257 e. The summed E-state index contributed by atoms with van der Waals surface area (Å²) in [5.41, 5.74) is 4.53. The number of carbonyl (C=O) groups is 1. The second-order valence-electron chi connectivity index (χ2n) is 5.84. The first-order chi connectivity index (χ1) is 12.5. The number of methoxy groups -OCH3 is 2. The SMILES string of the molecule is COc1cccc(C(=O)Nc2nc(-c3cc(C)c(C)c(OC)c3)cs2)c1. The van der Waals surface area contributed by atoms with Crippen LogP contribution in [0.2, 0.25) is 0 Å². The summed E-state index contributed by atoms with van der Waals surface area (Å²) in [5.74, 6) is 1.25. The summed E-state index contributed by atoms with van der Waals surface area (Å²) in [7, 11) is 3.23. The predicted octanol–water partition coefficient (Wildman–Crippen LogP) is 4.70. The van der Waals surface area contributed by atoms with Crippen molar-refractivity contribution in [1.82, 2.24) is 4.98 Å². The Balaban J connectivity index is 1.82. The highest BCUT2D eigenvalue weighted by molar-refractivity contribution is 7.14. The molecule has 2 aromatic carbocycles. The molecule has 0 atom stereocenters. The number of nitrogens with one attached hydrogen (secondary N) is 1. The van der Waals surface area contributed by atoms with E-state index in [-0.39, 0.29) is 5.91 Å². The predicted molar refractivity (Wildman–Crippen MR) is 105 cm³/mol. The van der Waals surface area contributed by atoms with Crippen molar-refractivity contribution in [3.8, 4) is 22.8 Å². The van der Waals surface area contributed by atoms with Crippen molar-refractivity contribution in [2.75, 3.05) is 19.5 Å². The van der Waals surface area contributed by atoms with Crippen molar-refractivity contribution in [1.29, 1.82) is 0 Å². The minimum atomic E-state index is -0.220. The smallest absolute Gasteiger partial charge is 0.257 e. The topological polar surface area (TPSA) is 60.5 Å². The number of amides is 1. The standard InChI is InChI=1S/C20H20N2O3S/c1-12-8-15(10-18(25-4)13(12)2)17-11-26-20(21-17)22-19(23)14-6-5-7-16(9-14)24-3/h5-11H,1-4H3,(H,21,22,23). The van der Waals surface area contributed by atoms with Crippen molar-refractivity contribution < 1.29 is 14.3 Å². The summed E-state index contributed by atoms with van der Waals surface area (Å²) in [6, 6.07) is 11.0. The lowest BCUT2D eigenvalue weighted by molar-refractivity contribution is 0.102. The first-order valence-corrected chi connectivity index (χ1v) is 8.96. The van der Waals surface area contributed by atoms with Gasteiger partial charge in [-0.05, 0) is 55.3 Å². The number of anilines is 1. The summed E-state index contributed by atoms with van der Waals surface area (Å²) in [5, 5.41) is 5.30. The Bertz CT molecular complexity index is 950. The van der Waals surface area contributed by atoms with Crippen molar-refractivity contribution >= 4 is 22.4 Å². The molecule has 3 rings (SSSR count). The molecule has 0 bridgehead atoms. The van der Waals surface area contributed by atoms with Gasteiger partial charge in [0.05, 0.1) is 19.9 Å². The van der Waals surface area contributed by atoms with Gasteiger partial charge in [-0.1, -0.05) is 6.07 Å². The maximum atomic E-state index is 12.4. The lowest BCUT2D eigenvalue weighted by Gasteiger charge is -2.09. The van der Waals surface area contributed by atoms with E-state index >= 15 is 0 Å². The van der Waals surface area contributed by atoms with E-state index in [1.807, 2.05) is 25.3 Å². The minimum Gasteiger partial charge on any atom is -0.497 e. The third-order valence-corrected chi connectivity index (χ3v) is 4.95. The Morgan fingerprint density at radius 3 is 2.65 bits per heavy atom. The Morgan fingerprint density at radius 2 is 1.92 bits per heavy atom. The second kappa shape index (κ2) is 7.58. The first-order valence-electron chi connectivity index (χ1n) is 8.08. The van der Waals surface area contributed by atoms with Crippen molar-refractivity contribution in [3.05, 3.63) is 58.5 Å². The fourth-order valence-corrected chi connectivity index (χ4v) is 3.30. The van der Waals surface area contributed by atoms with Gasteiger partial charge in [-0.2, -0.15) is 0 Å². The zero-order valence-electron chi connectivity index (χ0n) is 15.1. The van der Waals surface area contributed by atoms with E-state index in [1.54, 1.807) is 38.5 Å². The molecular weight excluding hydrogens is 348 g/mol. The normalized spacial score (nSPS) is 10.5. The quantitative estimate of drug-likeness (QED) is 0.709. The van der Waals surface area contributed by atoms with E-state index in [4.69, 9.17) is 9.47 Å². The average molecular weight is 368 g/mol. The minimum absolute atomic E-state index is 0.220. The molecule has 0 aliphatic carbocycles. The zero-order valence-corrected chi connectivity index (χ0v) is 15.9. The monoisotopic (exact) mass is 368 g/mol. The molecule has 1 aromatic heterocycles. The van der Waals surface area contributed by atoms with Gasteiger partial charge in [0.2, 0.25) is 0 Å². The molecule has 26 heavy (non-hydrogen) atoms. The number of ether oxygens (including phenoxy) is 2. The van der Waals surface area contributed by atoms with E-state index in [2.05, 4.69) is 16.4 Å². The van der Waals surface area contributed by atoms with Crippen LogP contribution in [0.1, 0.15) is 21.5 Å². The van der Waals surface area contributed by atoms with E-state index in [1.165, 1.54) is 11.3 Å². The van der Waals surface area contributed by atoms with Gasteiger partial charge < -0.3 is 9.47 Å². The van der Waals surface area contributed by atoms with Gasteiger partial charge in [-0.25, -0.2) is 4.98 Å². The van der Waals surface area contributed by atoms with Crippen LogP contribution in [0.4, 0.5) is 5.13 Å². The number of hydrogen-bond acceptors (Lipinski definition) is 5. The van der Waals surface area contributed by atoms with Gasteiger partial charge in [0.15, 0.2) is 5.13 Å². The van der Waals surface area contributed by atoms with E-state index in [9.17, 15) is 4.79 Å². The van der Waals surface area contributed by atoms with E-state index in [0.717, 1.165) is 28.1 Å². The fraction of sp³-hybridized carbons (Fsp3) is 0.200. The maximum absolute atomic E-state index is 12.4. The molecule has 0 unspecified atom stereocenters. The average Bonchev–Trinajstić information content (AvgIpc) is 3.12. The Morgan fingerprint density at radius 1 is 1.12 bits per heavy atom. The molecule has 134 valence electrons. The van der Waals surface area contributed by atoms with Crippen LogP contribution in [-0.4, -0.2) is 25.1 Å². The summed E-state index contributed by atoms with van der Waals surface area (Å²) in [6.45, 7) is 4.07. The number of nitrogens with zero attached hydrogens (tertiary/aromatic N) is 1. The molecule has 1 N–H and O–H groups in total. The number of benzene rings is 2. The highest BCUT2D eigenvalue weighted by Crippen LogP contribution is 2.31. The number of aromatic nitrogens is 1. The lowest BCUT2D eigenvalue weighted by atomic mass is 10.0. The largest absolute Gasteiger partial charge is 0.497 e. The van der Waals surface area contributed by atoms with Gasteiger partial charge in [0, 0.05) is 16.5 Å². The Kier molecular flexibility index (Phi) is 5.23. The molecule has 0 aliphatic heterocycles. The van der Waals surface area contributed by atoms with Gasteiger partial charge in [0.25, 0.3) is 5.91 Å². The lowest BCUT2D eigenvalue weighted by Crippen LogP contribution is -2.11. The molecule has 3 aromatic rings. The van der Waals surface area contributed by atoms with Gasteiger partial charge in [-0.3, -0.25) is 10.1 Å². The van der Waals surface area contributed by atoms with Crippen molar-refractivity contribution in [3.63, 3.8) is 0 Å². The summed E-state index contributed by atoms with van der Waals surface area (Å²) in [6.07, 6.45) is 0. The third-order valence-electron chi connectivity index (χ3n) is 4.19. The highest BCUT2D eigenvalue weighted by atomic mass is 32.1.